The van der Waals surface area contributed by atoms with Gasteiger partial charge in [-0.3, -0.25) is 9.59 Å². The molecule has 6 heteroatoms. The standard InChI is InChI=1S/C28H30BrClN2O2/c1-2-3-17-31-28(34)26(18-21-7-5-4-6-8-21)32(20-23-9-13-24(29)14-10-23)27(33)19-22-11-15-25(30)16-12-22/h4-16,26H,2-3,17-20H2,1H3,(H,31,34). The second kappa shape index (κ2) is 13.3. The monoisotopic (exact) mass is 540 g/mol. The van der Waals surface area contributed by atoms with Crippen LogP contribution in [0, 0.1) is 0 Å². The Morgan fingerprint density at radius 2 is 1.56 bits per heavy atom. The van der Waals surface area contributed by atoms with E-state index in [-0.39, 0.29) is 18.2 Å². The molecule has 0 saturated carbocycles. The van der Waals surface area contributed by atoms with Crippen molar-refractivity contribution < 1.29 is 9.59 Å². The van der Waals surface area contributed by atoms with Crippen molar-refractivity contribution in [3.8, 4) is 0 Å². The summed E-state index contributed by atoms with van der Waals surface area (Å²) in [5.74, 6) is -0.226. The van der Waals surface area contributed by atoms with E-state index in [1.165, 1.54) is 0 Å². The average Bonchev–Trinajstić information content (AvgIpc) is 2.84. The Morgan fingerprint density at radius 3 is 2.21 bits per heavy atom. The maximum absolute atomic E-state index is 13.6. The molecule has 0 saturated heterocycles. The van der Waals surface area contributed by atoms with E-state index >= 15 is 0 Å². The van der Waals surface area contributed by atoms with Crippen molar-refractivity contribution in [2.45, 2.75) is 45.2 Å². The molecule has 178 valence electrons. The predicted molar refractivity (Wildman–Crippen MR) is 142 cm³/mol. The van der Waals surface area contributed by atoms with Gasteiger partial charge in [0.25, 0.3) is 0 Å². The maximum atomic E-state index is 13.6. The molecule has 2 amide bonds. The van der Waals surface area contributed by atoms with Gasteiger partial charge in [-0.25, -0.2) is 0 Å². The van der Waals surface area contributed by atoms with E-state index in [9.17, 15) is 9.59 Å². The first-order valence-electron chi connectivity index (χ1n) is 11.6. The summed E-state index contributed by atoms with van der Waals surface area (Å²) in [7, 11) is 0. The summed E-state index contributed by atoms with van der Waals surface area (Å²) >= 11 is 9.49. The Kier molecular flexibility index (Phi) is 10.2. The summed E-state index contributed by atoms with van der Waals surface area (Å²) in [6.45, 7) is 3.03. The molecule has 1 atom stereocenters. The molecule has 0 aromatic heterocycles. The van der Waals surface area contributed by atoms with Crippen molar-refractivity contribution in [2.24, 2.45) is 0 Å². The van der Waals surface area contributed by atoms with Crippen LogP contribution in [-0.2, 0) is 29.0 Å². The zero-order valence-electron chi connectivity index (χ0n) is 19.3. The Bertz CT molecular complexity index is 1060. The van der Waals surface area contributed by atoms with Crippen LogP contribution in [0.4, 0.5) is 0 Å². The minimum Gasteiger partial charge on any atom is -0.354 e. The van der Waals surface area contributed by atoms with Crippen molar-refractivity contribution in [3.05, 3.63) is 105 Å². The number of rotatable bonds is 11. The predicted octanol–water partition coefficient (Wildman–Crippen LogP) is 6.20. The fraction of sp³-hybridized carbons (Fsp3) is 0.286. The molecule has 0 aliphatic heterocycles. The van der Waals surface area contributed by atoms with Gasteiger partial charge < -0.3 is 10.2 Å². The number of benzene rings is 3. The number of unbranched alkanes of at least 4 members (excludes halogenated alkanes) is 1. The molecule has 1 unspecified atom stereocenters. The van der Waals surface area contributed by atoms with Gasteiger partial charge in [-0.15, -0.1) is 0 Å². The van der Waals surface area contributed by atoms with Crippen LogP contribution in [0.3, 0.4) is 0 Å². The summed E-state index contributed by atoms with van der Waals surface area (Å²) in [4.78, 5) is 28.7. The Balaban J connectivity index is 1.92. The van der Waals surface area contributed by atoms with Crippen LogP contribution in [-0.4, -0.2) is 29.3 Å². The van der Waals surface area contributed by atoms with Crippen molar-refractivity contribution in [1.82, 2.24) is 10.2 Å². The van der Waals surface area contributed by atoms with E-state index < -0.39 is 6.04 Å². The van der Waals surface area contributed by atoms with Gasteiger partial charge in [-0.2, -0.15) is 0 Å². The highest BCUT2D eigenvalue weighted by Crippen LogP contribution is 2.19. The van der Waals surface area contributed by atoms with E-state index in [4.69, 9.17) is 11.6 Å². The second-order valence-electron chi connectivity index (χ2n) is 8.30. The number of carbonyl (C=O) groups excluding carboxylic acids is 2. The molecule has 34 heavy (non-hydrogen) atoms. The van der Waals surface area contributed by atoms with Gasteiger partial charge in [0.2, 0.25) is 11.8 Å². The number of amides is 2. The molecular formula is C28H30BrClN2O2. The highest BCUT2D eigenvalue weighted by Gasteiger charge is 2.30. The Hall–Kier alpha value is -2.63. The van der Waals surface area contributed by atoms with E-state index in [0.29, 0.717) is 24.5 Å². The largest absolute Gasteiger partial charge is 0.354 e. The minimum absolute atomic E-state index is 0.100. The number of hydrogen-bond acceptors (Lipinski definition) is 2. The van der Waals surface area contributed by atoms with Gasteiger partial charge >= 0.3 is 0 Å². The summed E-state index contributed by atoms with van der Waals surface area (Å²) in [5, 5.41) is 3.67. The van der Waals surface area contributed by atoms with Crippen molar-refractivity contribution >= 4 is 39.3 Å². The van der Waals surface area contributed by atoms with Crippen LogP contribution in [0.25, 0.3) is 0 Å². The van der Waals surface area contributed by atoms with Gasteiger partial charge in [0.1, 0.15) is 6.04 Å². The first-order valence-corrected chi connectivity index (χ1v) is 12.7. The van der Waals surface area contributed by atoms with E-state index in [1.807, 2.05) is 66.7 Å². The summed E-state index contributed by atoms with van der Waals surface area (Å²) in [5.41, 5.74) is 2.84. The van der Waals surface area contributed by atoms with Gasteiger partial charge in [-0.1, -0.05) is 95.5 Å². The highest BCUT2D eigenvalue weighted by atomic mass is 79.9. The quantitative estimate of drug-likeness (QED) is 0.294. The molecular weight excluding hydrogens is 512 g/mol. The molecule has 3 aromatic rings. The molecule has 3 rings (SSSR count). The van der Waals surface area contributed by atoms with Crippen LogP contribution >= 0.6 is 27.5 Å². The topological polar surface area (TPSA) is 49.4 Å². The first kappa shape index (κ1) is 26.0. The number of halogens is 2. The van der Waals surface area contributed by atoms with Gasteiger partial charge in [0.05, 0.1) is 6.42 Å². The number of hydrogen-bond donors (Lipinski definition) is 1. The molecule has 4 nitrogen and oxygen atoms in total. The third kappa shape index (κ3) is 8.00. The molecule has 0 aliphatic rings. The van der Waals surface area contributed by atoms with Gasteiger partial charge in [0, 0.05) is 29.0 Å². The van der Waals surface area contributed by atoms with Gasteiger partial charge in [-0.05, 0) is 47.4 Å². The normalized spacial score (nSPS) is 11.6. The fourth-order valence-corrected chi connectivity index (χ4v) is 4.12. The summed E-state index contributed by atoms with van der Waals surface area (Å²) in [6, 6.07) is 24.3. The second-order valence-corrected chi connectivity index (χ2v) is 9.65. The highest BCUT2D eigenvalue weighted by molar-refractivity contribution is 9.10. The lowest BCUT2D eigenvalue weighted by Gasteiger charge is -2.32. The molecule has 1 N–H and O–H groups in total. The number of carbonyl (C=O) groups is 2. The lowest BCUT2D eigenvalue weighted by molar-refractivity contribution is -0.140. The zero-order chi connectivity index (χ0) is 24.3. The van der Waals surface area contributed by atoms with Crippen LogP contribution < -0.4 is 5.32 Å². The third-order valence-corrected chi connectivity index (χ3v) is 6.42. The first-order chi connectivity index (χ1) is 16.5. The maximum Gasteiger partial charge on any atom is 0.243 e. The molecule has 0 fully saturated rings. The molecule has 3 aromatic carbocycles. The lowest BCUT2D eigenvalue weighted by atomic mass is 10.0. The summed E-state index contributed by atoms with van der Waals surface area (Å²) in [6.07, 6.45) is 2.53. The zero-order valence-corrected chi connectivity index (χ0v) is 21.7. The molecule has 0 heterocycles. The summed E-state index contributed by atoms with van der Waals surface area (Å²) < 4.78 is 0.966. The van der Waals surface area contributed by atoms with Crippen molar-refractivity contribution in [3.63, 3.8) is 0 Å². The fourth-order valence-electron chi connectivity index (χ4n) is 3.73. The van der Waals surface area contributed by atoms with Crippen LogP contribution in [0.5, 0.6) is 0 Å². The lowest BCUT2D eigenvalue weighted by Crippen LogP contribution is -2.51. The van der Waals surface area contributed by atoms with E-state index in [1.54, 1.807) is 17.0 Å². The molecule has 0 spiro atoms. The minimum atomic E-state index is -0.622. The van der Waals surface area contributed by atoms with Gasteiger partial charge in [0.15, 0.2) is 0 Å². The van der Waals surface area contributed by atoms with E-state index in [2.05, 4.69) is 28.2 Å². The number of nitrogens with one attached hydrogen (secondary N) is 1. The van der Waals surface area contributed by atoms with Crippen molar-refractivity contribution in [2.75, 3.05) is 6.54 Å². The Morgan fingerprint density at radius 1 is 0.912 bits per heavy atom. The molecule has 0 radical (unpaired) electrons. The third-order valence-electron chi connectivity index (χ3n) is 5.64. The SMILES string of the molecule is CCCCNC(=O)C(Cc1ccccc1)N(Cc1ccc(Br)cc1)C(=O)Cc1ccc(Cl)cc1. The smallest absolute Gasteiger partial charge is 0.243 e. The average molecular weight is 542 g/mol. The van der Waals surface area contributed by atoms with Crippen LogP contribution in [0.15, 0.2) is 83.3 Å². The van der Waals surface area contributed by atoms with Crippen molar-refractivity contribution in [1.29, 1.82) is 0 Å². The van der Waals surface area contributed by atoms with E-state index in [0.717, 1.165) is 34.0 Å². The number of nitrogens with zero attached hydrogens (tertiary/aromatic N) is 1. The Labute approximate surface area is 215 Å². The van der Waals surface area contributed by atoms with Crippen LogP contribution in [0.1, 0.15) is 36.5 Å². The molecule has 0 bridgehead atoms. The molecule has 0 aliphatic carbocycles. The van der Waals surface area contributed by atoms with Crippen LogP contribution in [0.2, 0.25) is 5.02 Å².